The molecule has 1 saturated carbocycles. The third-order valence-corrected chi connectivity index (χ3v) is 11.5. The minimum atomic E-state index is -3.57. The number of aromatic nitrogens is 1. The summed E-state index contributed by atoms with van der Waals surface area (Å²) >= 11 is 0. The number of hydrogen-bond donors (Lipinski definition) is 3. The van der Waals surface area contributed by atoms with Crippen LogP contribution in [0.3, 0.4) is 0 Å². The number of morpholine rings is 1. The van der Waals surface area contributed by atoms with Crippen LogP contribution in [0, 0.1) is 11.2 Å². The summed E-state index contributed by atoms with van der Waals surface area (Å²) in [6, 6.07) is 2.94. The van der Waals surface area contributed by atoms with E-state index in [1.54, 1.807) is 10.6 Å². The third kappa shape index (κ3) is 6.24. The Balaban J connectivity index is 1.20. The Hall–Kier alpha value is -3.00. The summed E-state index contributed by atoms with van der Waals surface area (Å²) in [5.74, 6) is -1.59. The Morgan fingerprint density at radius 3 is 2.45 bits per heavy atom. The first-order valence-corrected chi connectivity index (χ1v) is 17.1. The molecule has 2 fully saturated rings. The second-order valence-electron chi connectivity index (χ2n) is 13.3. The average molecular weight is 632 g/mol. The first kappa shape index (κ1) is 31.0. The Labute approximate surface area is 257 Å². The van der Waals surface area contributed by atoms with Crippen LogP contribution >= 0.6 is 0 Å². The summed E-state index contributed by atoms with van der Waals surface area (Å²) in [5, 5.41) is 6.51. The Kier molecular flexibility index (Phi) is 8.50. The van der Waals surface area contributed by atoms with Gasteiger partial charge in [0.15, 0.2) is 9.84 Å². The number of sulfone groups is 1. The van der Waals surface area contributed by atoms with E-state index in [4.69, 9.17) is 15.2 Å². The van der Waals surface area contributed by atoms with Gasteiger partial charge in [0, 0.05) is 49.4 Å². The molecule has 240 valence electrons. The number of anilines is 1. The number of rotatable bonds is 8. The molecule has 2 amide bonds. The smallest absolute Gasteiger partial charge is 0.253 e. The predicted octanol–water partition coefficient (Wildman–Crippen LogP) is 2.66. The van der Waals surface area contributed by atoms with E-state index < -0.39 is 27.0 Å². The molecule has 0 bridgehead atoms. The second kappa shape index (κ2) is 12.1. The van der Waals surface area contributed by atoms with Crippen LogP contribution in [0.2, 0.25) is 0 Å². The maximum Gasteiger partial charge on any atom is 0.253 e. The molecule has 44 heavy (non-hydrogen) atoms. The molecule has 1 saturated heterocycles. The third-order valence-electron chi connectivity index (χ3n) is 9.24. The number of benzene rings is 1. The number of amides is 2. The number of carbonyl (C=O) groups is 2. The first-order chi connectivity index (χ1) is 20.9. The quantitative estimate of drug-likeness (QED) is 0.404. The molecule has 2 aromatic rings. The number of nitrogens with zero attached hydrogens (tertiary/aromatic N) is 2. The lowest BCUT2D eigenvalue weighted by Gasteiger charge is -2.32. The lowest BCUT2D eigenvalue weighted by molar-refractivity contribution is -0.122. The van der Waals surface area contributed by atoms with Crippen molar-refractivity contribution in [3.8, 4) is 5.69 Å². The zero-order valence-electron chi connectivity index (χ0n) is 25.4. The molecule has 0 atom stereocenters. The first-order valence-electron chi connectivity index (χ1n) is 15.5. The van der Waals surface area contributed by atoms with E-state index >= 15 is 4.39 Å². The molecule has 4 aliphatic rings. The molecule has 13 heteroatoms. The molecule has 11 nitrogen and oxygen atoms in total. The summed E-state index contributed by atoms with van der Waals surface area (Å²) in [7, 11) is -3.57. The van der Waals surface area contributed by atoms with Crippen LogP contribution in [0.1, 0.15) is 73.3 Å². The van der Waals surface area contributed by atoms with Crippen LogP contribution in [-0.4, -0.2) is 80.4 Å². The van der Waals surface area contributed by atoms with Crippen molar-refractivity contribution in [2.24, 2.45) is 11.1 Å². The fourth-order valence-electron chi connectivity index (χ4n) is 7.26. The summed E-state index contributed by atoms with van der Waals surface area (Å²) in [6.45, 7) is 8.04. The standard InChI is InChI=1S/C31H42FN5O6S/c1-31(2)15-25-29(44(40,41)18-31)22-16-43-17-26(22)37(25)21-13-23(32)28(30(33)39)24(14-21)34-19-3-5-20(6-4-19)35-27(38)7-8-36-9-11-42-12-10-36/h13-14,19-20,34H,3-12,15-18H2,1-2H3,(H2,33,39)(H,35,38)/t19-,20-. The largest absolute Gasteiger partial charge is 0.382 e. The zero-order chi connectivity index (χ0) is 31.2. The van der Waals surface area contributed by atoms with Crippen molar-refractivity contribution in [3.05, 3.63) is 40.5 Å². The molecule has 1 aromatic heterocycles. The molecule has 0 spiro atoms. The average Bonchev–Trinajstić information content (AvgIpc) is 3.52. The lowest BCUT2D eigenvalue weighted by Crippen LogP contribution is -2.42. The van der Waals surface area contributed by atoms with Crippen LogP contribution in [0.4, 0.5) is 10.1 Å². The van der Waals surface area contributed by atoms with E-state index in [0.29, 0.717) is 73.0 Å². The molecule has 4 heterocycles. The van der Waals surface area contributed by atoms with Gasteiger partial charge in [0.25, 0.3) is 5.91 Å². The summed E-state index contributed by atoms with van der Waals surface area (Å²) in [5.41, 5.74) is 7.56. The molecule has 4 N–H and O–H groups in total. The van der Waals surface area contributed by atoms with Crippen LogP contribution < -0.4 is 16.4 Å². The second-order valence-corrected chi connectivity index (χ2v) is 15.2. The van der Waals surface area contributed by atoms with Gasteiger partial charge in [-0.15, -0.1) is 0 Å². The number of primary amides is 1. The van der Waals surface area contributed by atoms with Crippen molar-refractivity contribution >= 4 is 27.3 Å². The number of fused-ring (bicyclic) bond motifs is 3. The maximum absolute atomic E-state index is 15.6. The number of carbonyl (C=O) groups excluding carboxylic acids is 2. The SMILES string of the molecule is CC1(C)Cc2c(c3c(n2-c2cc(F)c(C(N)=O)c(N[C@H]4CC[C@H](NC(=O)CCN5CCOCC5)CC4)c2)COC3)S(=O)(=O)C1. The highest BCUT2D eigenvalue weighted by Gasteiger charge is 2.43. The predicted molar refractivity (Wildman–Crippen MR) is 162 cm³/mol. The van der Waals surface area contributed by atoms with Crippen LogP contribution in [0.25, 0.3) is 5.69 Å². The highest BCUT2D eigenvalue weighted by atomic mass is 32.2. The Morgan fingerprint density at radius 2 is 1.75 bits per heavy atom. The van der Waals surface area contributed by atoms with Gasteiger partial charge in [-0.2, -0.15) is 0 Å². The summed E-state index contributed by atoms with van der Waals surface area (Å²) < 4.78 is 55.2. The summed E-state index contributed by atoms with van der Waals surface area (Å²) in [4.78, 5) is 27.5. The van der Waals surface area contributed by atoms with Crippen molar-refractivity contribution in [2.45, 2.75) is 82.6 Å². The Morgan fingerprint density at radius 1 is 1.05 bits per heavy atom. The zero-order valence-corrected chi connectivity index (χ0v) is 26.2. The van der Waals surface area contributed by atoms with Crippen LogP contribution in [-0.2, 0) is 43.7 Å². The van der Waals surface area contributed by atoms with E-state index in [-0.39, 0.29) is 48.2 Å². The van der Waals surface area contributed by atoms with E-state index in [0.717, 1.165) is 25.9 Å². The highest BCUT2D eigenvalue weighted by Crippen LogP contribution is 2.44. The van der Waals surface area contributed by atoms with Gasteiger partial charge in [-0.25, -0.2) is 12.8 Å². The molecule has 6 rings (SSSR count). The van der Waals surface area contributed by atoms with Crippen molar-refractivity contribution < 1.29 is 31.9 Å². The fraction of sp³-hybridized carbons (Fsp3) is 0.613. The minimum Gasteiger partial charge on any atom is -0.382 e. The van der Waals surface area contributed by atoms with Gasteiger partial charge in [-0.3, -0.25) is 14.5 Å². The van der Waals surface area contributed by atoms with Gasteiger partial charge >= 0.3 is 0 Å². The van der Waals surface area contributed by atoms with Gasteiger partial charge in [-0.05, 0) is 49.7 Å². The minimum absolute atomic E-state index is 0.0300. The van der Waals surface area contributed by atoms with Gasteiger partial charge in [0.05, 0.1) is 59.7 Å². The van der Waals surface area contributed by atoms with Gasteiger partial charge in [-0.1, -0.05) is 13.8 Å². The fourth-order valence-corrected chi connectivity index (χ4v) is 9.61. The maximum atomic E-state index is 15.6. The summed E-state index contributed by atoms with van der Waals surface area (Å²) in [6.07, 6.45) is 3.87. The number of ether oxygens (including phenoxy) is 2. The molecule has 0 unspecified atom stereocenters. The molecule has 3 aliphatic heterocycles. The van der Waals surface area contributed by atoms with Crippen LogP contribution in [0.15, 0.2) is 17.0 Å². The van der Waals surface area contributed by atoms with Crippen LogP contribution in [0.5, 0.6) is 0 Å². The van der Waals surface area contributed by atoms with E-state index in [2.05, 4.69) is 15.5 Å². The number of hydrogen-bond acceptors (Lipinski definition) is 8. The molecule has 0 radical (unpaired) electrons. The van der Waals surface area contributed by atoms with Crippen molar-refractivity contribution in [1.82, 2.24) is 14.8 Å². The van der Waals surface area contributed by atoms with Gasteiger partial charge in [0.1, 0.15) is 5.82 Å². The Bertz CT molecular complexity index is 1560. The van der Waals surface area contributed by atoms with E-state index in [1.807, 2.05) is 13.8 Å². The van der Waals surface area contributed by atoms with Crippen molar-refractivity contribution in [1.29, 1.82) is 0 Å². The highest BCUT2D eigenvalue weighted by molar-refractivity contribution is 7.91. The molecular weight excluding hydrogens is 589 g/mol. The number of nitrogens with two attached hydrogens (primary N) is 1. The lowest BCUT2D eigenvalue weighted by atomic mass is 9.89. The van der Waals surface area contributed by atoms with Gasteiger partial charge in [0.2, 0.25) is 5.91 Å². The normalized spacial score (nSPS) is 24.3. The number of nitrogens with one attached hydrogen (secondary N) is 2. The van der Waals surface area contributed by atoms with E-state index in [1.165, 1.54) is 6.07 Å². The van der Waals surface area contributed by atoms with Gasteiger partial charge < -0.3 is 30.4 Å². The van der Waals surface area contributed by atoms with E-state index in [9.17, 15) is 18.0 Å². The molecule has 1 aliphatic carbocycles. The topological polar surface area (TPSA) is 145 Å². The van der Waals surface area contributed by atoms with Crippen molar-refractivity contribution in [2.75, 3.05) is 43.9 Å². The molecule has 1 aromatic carbocycles. The molecular formula is C31H42FN5O6S. The van der Waals surface area contributed by atoms with Crippen molar-refractivity contribution in [3.63, 3.8) is 0 Å². The number of halogens is 1. The monoisotopic (exact) mass is 631 g/mol.